The van der Waals surface area contributed by atoms with E-state index in [4.69, 9.17) is 42.6 Å². The van der Waals surface area contributed by atoms with Gasteiger partial charge in [0.25, 0.3) is 23.5 Å². The second-order valence-corrected chi connectivity index (χ2v) is 28.3. The number of nitrogens with one attached hydrogen (secondary N) is 2. The Hall–Kier alpha value is -7.05. The number of imide groups is 2. The van der Waals surface area contributed by atoms with E-state index in [2.05, 4.69) is 20.9 Å². The smallest absolute Gasteiger partial charge is 0.329 e. The first-order valence-electron chi connectivity index (χ1n) is 36.2. The fourth-order valence-electron chi connectivity index (χ4n) is 14.6. The maximum atomic E-state index is 14.7. The van der Waals surface area contributed by atoms with Crippen LogP contribution in [0.3, 0.4) is 0 Å². The summed E-state index contributed by atoms with van der Waals surface area (Å²) in [4.78, 5) is 125. The molecule has 27 nitrogen and oxygen atoms in total. The van der Waals surface area contributed by atoms with Crippen LogP contribution in [-0.4, -0.2) is 223 Å². The molecule has 0 spiro atoms. The minimum atomic E-state index is -2.47. The van der Waals surface area contributed by atoms with Crippen LogP contribution in [0, 0.1) is 35.5 Å². The summed E-state index contributed by atoms with van der Waals surface area (Å²) in [6, 6.07) is 2.62. The number of cyclic esters (lactones) is 1. The van der Waals surface area contributed by atoms with Crippen LogP contribution >= 0.6 is 0 Å². The number of carbonyl (C=O) groups is 9. The van der Waals surface area contributed by atoms with Gasteiger partial charge in [-0.1, -0.05) is 82.4 Å². The third kappa shape index (κ3) is 21.1. The van der Waals surface area contributed by atoms with Crippen LogP contribution in [0.2, 0.25) is 0 Å². The molecule has 6 aliphatic rings. The lowest BCUT2D eigenvalue weighted by Gasteiger charge is -2.42. The number of aliphatic hydroxyl groups is 2. The summed E-state index contributed by atoms with van der Waals surface area (Å²) in [7, 11) is 4.58. The molecule has 5 aliphatic heterocycles. The highest BCUT2D eigenvalue weighted by Gasteiger charge is 2.53. The van der Waals surface area contributed by atoms with Crippen molar-refractivity contribution >= 4 is 58.5 Å². The summed E-state index contributed by atoms with van der Waals surface area (Å²) in [6.45, 7) is 15.5. The van der Waals surface area contributed by atoms with Crippen molar-refractivity contribution in [1.82, 2.24) is 30.1 Å². The molecule has 5 amide bonds. The Labute approximate surface area is 598 Å². The molecule has 2 aromatic rings. The third-order valence-corrected chi connectivity index (χ3v) is 20.7. The minimum absolute atomic E-state index is 0.0115. The molecular weight excluding hydrogens is 1320 g/mol. The molecule has 4 fully saturated rings. The Balaban J connectivity index is 0.818. The molecule has 0 radical (unpaired) electrons. The van der Waals surface area contributed by atoms with Gasteiger partial charge in [0.15, 0.2) is 5.78 Å². The predicted octanol–water partition coefficient (Wildman–Crippen LogP) is 6.56. The van der Waals surface area contributed by atoms with Gasteiger partial charge in [-0.05, 0) is 126 Å². The molecule has 102 heavy (non-hydrogen) atoms. The van der Waals surface area contributed by atoms with E-state index in [1.54, 1.807) is 64.1 Å². The number of benzene rings is 1. The van der Waals surface area contributed by atoms with E-state index in [1.807, 2.05) is 58.1 Å². The standard InChI is InChI=1S/C75H107N7O20/c1-45-17-12-11-13-18-46(2)61(94-8)41-54-24-22-51(7)75(93,102-54)69(87)73(91)81-29-15-14-21-58(81)74(92)101-62(42-59(83)47(3)38-50(6)67(86)68(96-10)66(85)49(5)37-45)48(4)39-52-23-26-60(63(40-52)95-9)100-36-35-99-44-53-43-80(79-78-53)30-32-98-34-33-97-31-28-76-56-20-16-19-55-65(56)72(90)82(71(55)89)57-25-27-64(84)77-70(57)88/h11-13,16-20,38,43,45,47-49,51-52,54,57-58,60-63,67-68,76,86,93H,14-15,21-37,39-42,44H2,1-10H3,(H,77,84,88)/b13-11+,17-12+,46-18+,50-38+/t45-,47-,48-,49-,51-,52+,54+,57?,58+,60-,61+,62+,63-,67-,68+,75-/m1/s1. The lowest BCUT2D eigenvalue weighted by Crippen LogP contribution is -2.61. The number of amides is 5. The number of aromatic nitrogens is 3. The Kier molecular flexibility index (Phi) is 30.5. The molecule has 1 saturated carbocycles. The minimum Gasteiger partial charge on any atom is -0.460 e. The van der Waals surface area contributed by atoms with Crippen LogP contribution in [0.5, 0.6) is 0 Å². The average Bonchev–Trinajstić information content (AvgIpc) is 1.46. The highest BCUT2D eigenvalue weighted by Crippen LogP contribution is 2.39. The summed E-state index contributed by atoms with van der Waals surface area (Å²) < 4.78 is 55.5. The van der Waals surface area contributed by atoms with E-state index in [0.717, 1.165) is 16.9 Å². The van der Waals surface area contributed by atoms with Crippen LogP contribution in [0.4, 0.5) is 5.69 Å². The molecular formula is C75H107N7O20. The quantitative estimate of drug-likeness (QED) is 0.0301. The molecule has 1 unspecified atom stereocenters. The van der Waals surface area contributed by atoms with E-state index < -0.39 is 113 Å². The summed E-state index contributed by atoms with van der Waals surface area (Å²) >= 11 is 0. The topological polar surface area (TPSA) is 338 Å². The Morgan fingerprint density at radius 1 is 0.775 bits per heavy atom. The second-order valence-electron chi connectivity index (χ2n) is 28.3. The predicted molar refractivity (Wildman–Crippen MR) is 372 cm³/mol. The largest absolute Gasteiger partial charge is 0.460 e. The third-order valence-electron chi connectivity index (χ3n) is 20.7. The number of hydrogen-bond acceptors (Lipinski definition) is 23. The van der Waals surface area contributed by atoms with Crippen molar-refractivity contribution in [3.05, 3.63) is 88.8 Å². The first kappa shape index (κ1) is 80.6. The number of rotatable bonds is 23. The number of hydrogen-bond donors (Lipinski definition) is 4. The van der Waals surface area contributed by atoms with Crippen LogP contribution < -0.4 is 10.6 Å². The molecule has 6 heterocycles. The number of anilines is 1. The number of aliphatic hydroxyl groups excluding tert-OH is 1. The van der Waals surface area contributed by atoms with E-state index in [-0.39, 0.29) is 105 Å². The average molecular weight is 1430 g/mol. The lowest BCUT2D eigenvalue weighted by atomic mass is 9.78. The molecule has 2 bridgehead atoms. The van der Waals surface area contributed by atoms with Crippen molar-refractivity contribution in [1.29, 1.82) is 0 Å². The monoisotopic (exact) mass is 1430 g/mol. The normalized spacial score (nSPS) is 32.2. The van der Waals surface area contributed by atoms with Crippen molar-refractivity contribution in [2.24, 2.45) is 35.5 Å². The van der Waals surface area contributed by atoms with Crippen molar-refractivity contribution < 1.29 is 96.0 Å². The number of fused-ring (bicyclic) bond motifs is 4. The van der Waals surface area contributed by atoms with Crippen molar-refractivity contribution in [3.8, 4) is 0 Å². The molecule has 562 valence electrons. The second kappa shape index (κ2) is 38.6. The van der Waals surface area contributed by atoms with Gasteiger partial charge in [-0.25, -0.2) is 9.48 Å². The van der Waals surface area contributed by atoms with Gasteiger partial charge in [-0.3, -0.25) is 48.6 Å². The first-order chi connectivity index (χ1) is 48.9. The number of Topliss-reactive ketones (excluding diaryl/α,β-unsaturated/α-hetero) is 3. The van der Waals surface area contributed by atoms with E-state index >= 15 is 0 Å². The molecule has 8 rings (SSSR count). The van der Waals surface area contributed by atoms with E-state index in [9.17, 15) is 53.4 Å². The SMILES string of the molecule is CO[C@H]1C[C@@H]2CC[C@@H](C)[C@@](O)(O2)C(=O)C(=O)N2CCCC[C@H]2C(=O)O[C@H]([C@H](C)C[C@@H]2CC[C@@H](OCCOCc3cn(CCOCCOCCNc4cccc5c4C(=O)N(C4CCC(=O)NC4=O)C5=O)nn3)[C@H](OC)C2)CC(=O)[C@H](C)/C=C(\C)[C@@H](O)[C@@H](OC)C(=O)[C@H](C)C[C@H](C)/C=C/C=C/C=C/1C. The lowest BCUT2D eigenvalue weighted by molar-refractivity contribution is -0.265. The van der Waals surface area contributed by atoms with Crippen LogP contribution in [0.25, 0.3) is 0 Å². The van der Waals surface area contributed by atoms with Gasteiger partial charge < -0.3 is 63.1 Å². The van der Waals surface area contributed by atoms with Crippen molar-refractivity contribution in [2.75, 3.05) is 79.4 Å². The number of piperidine rings is 2. The van der Waals surface area contributed by atoms with E-state index in [1.165, 1.54) is 18.1 Å². The molecule has 3 saturated heterocycles. The van der Waals surface area contributed by atoms with Gasteiger partial charge in [0, 0.05) is 77.1 Å². The maximum absolute atomic E-state index is 14.7. The van der Waals surface area contributed by atoms with Gasteiger partial charge in [0.2, 0.25) is 17.6 Å². The molecule has 16 atom stereocenters. The van der Waals surface area contributed by atoms with E-state index in [0.29, 0.717) is 108 Å². The Morgan fingerprint density at radius 2 is 1.54 bits per heavy atom. The zero-order chi connectivity index (χ0) is 73.8. The highest BCUT2D eigenvalue weighted by atomic mass is 16.6. The van der Waals surface area contributed by atoms with Crippen LogP contribution in [0.15, 0.2) is 72.0 Å². The number of ketones is 3. The molecule has 1 aromatic heterocycles. The van der Waals surface area contributed by atoms with Gasteiger partial charge in [0.05, 0.1) is 94.5 Å². The molecule has 1 aromatic carbocycles. The summed E-state index contributed by atoms with van der Waals surface area (Å²) in [5.74, 6) is -10.7. The number of ether oxygens (including phenoxy) is 9. The summed E-state index contributed by atoms with van der Waals surface area (Å²) in [5.41, 5.74) is 2.65. The summed E-state index contributed by atoms with van der Waals surface area (Å²) in [6.07, 6.45) is 13.1. The Bertz CT molecular complexity index is 3370. The first-order valence-corrected chi connectivity index (χ1v) is 36.2. The van der Waals surface area contributed by atoms with Crippen molar-refractivity contribution in [2.45, 2.75) is 212 Å². The van der Waals surface area contributed by atoms with Crippen LogP contribution in [0.1, 0.15) is 165 Å². The van der Waals surface area contributed by atoms with Gasteiger partial charge in [-0.2, -0.15) is 0 Å². The highest BCUT2D eigenvalue weighted by molar-refractivity contribution is 6.39. The zero-order valence-corrected chi connectivity index (χ0v) is 60.9. The van der Waals surface area contributed by atoms with Crippen LogP contribution in [-0.2, 0) is 89.3 Å². The number of nitrogens with zero attached hydrogens (tertiary/aromatic N) is 5. The Morgan fingerprint density at radius 3 is 2.28 bits per heavy atom. The fraction of sp³-hybridized carbons (Fsp3) is 0.667. The van der Waals surface area contributed by atoms with Gasteiger partial charge in [-0.15, -0.1) is 5.10 Å². The maximum Gasteiger partial charge on any atom is 0.329 e. The number of carbonyl (C=O) groups excluding carboxylic acids is 9. The number of esters is 1. The molecule has 4 N–H and O–H groups in total. The molecule has 1 aliphatic carbocycles. The zero-order valence-electron chi connectivity index (χ0n) is 60.9. The van der Waals surface area contributed by atoms with Crippen molar-refractivity contribution in [3.63, 3.8) is 0 Å². The number of methoxy groups -OCH3 is 3. The number of allylic oxidation sites excluding steroid dienone is 6. The molecule has 27 heteroatoms. The van der Waals surface area contributed by atoms with Gasteiger partial charge >= 0.3 is 5.97 Å². The fourth-order valence-corrected chi connectivity index (χ4v) is 14.6. The summed E-state index contributed by atoms with van der Waals surface area (Å²) in [5, 5.41) is 37.5. The van der Waals surface area contributed by atoms with Gasteiger partial charge in [0.1, 0.15) is 41.9 Å².